The van der Waals surface area contributed by atoms with Crippen molar-refractivity contribution in [1.29, 1.82) is 0 Å². The summed E-state index contributed by atoms with van der Waals surface area (Å²) >= 11 is 0. The first-order chi connectivity index (χ1) is 5.84. The van der Waals surface area contributed by atoms with Crippen LogP contribution in [0, 0.1) is 0 Å². The van der Waals surface area contributed by atoms with Gasteiger partial charge in [-0.05, 0) is 12.8 Å². The molecule has 0 saturated heterocycles. The van der Waals surface area contributed by atoms with E-state index in [0.29, 0.717) is 6.54 Å². The van der Waals surface area contributed by atoms with Gasteiger partial charge in [0, 0.05) is 25.4 Å². The van der Waals surface area contributed by atoms with Gasteiger partial charge < -0.3 is 5.11 Å². The van der Waals surface area contributed by atoms with E-state index in [9.17, 15) is 4.79 Å². The molecule has 0 aliphatic rings. The van der Waals surface area contributed by atoms with E-state index in [-0.39, 0.29) is 12.2 Å². The molecule has 4 heteroatoms. The van der Waals surface area contributed by atoms with Crippen molar-refractivity contribution in [2.75, 3.05) is 6.61 Å². The van der Waals surface area contributed by atoms with Crippen LogP contribution in [0.1, 0.15) is 12.8 Å². The maximum Gasteiger partial charge on any atom is 0.253 e. The summed E-state index contributed by atoms with van der Waals surface area (Å²) in [5.74, 6) is 0. The lowest BCUT2D eigenvalue weighted by molar-refractivity contribution is 0.281. The van der Waals surface area contributed by atoms with E-state index in [1.165, 1.54) is 23.2 Å². The van der Waals surface area contributed by atoms with Gasteiger partial charge in [0.25, 0.3) is 5.56 Å². The molecule has 12 heavy (non-hydrogen) atoms. The number of hydrogen-bond donors (Lipinski definition) is 1. The van der Waals surface area contributed by atoms with Gasteiger partial charge >= 0.3 is 0 Å². The molecular weight excluding hydrogens is 156 g/mol. The van der Waals surface area contributed by atoms with Crippen molar-refractivity contribution >= 4 is 0 Å². The van der Waals surface area contributed by atoms with E-state index >= 15 is 0 Å². The number of hydrogen-bond acceptors (Lipinski definition) is 3. The Morgan fingerprint density at radius 1 is 1.50 bits per heavy atom. The number of aromatic nitrogens is 2. The molecule has 0 atom stereocenters. The van der Waals surface area contributed by atoms with Crippen LogP contribution in [0.4, 0.5) is 0 Å². The van der Waals surface area contributed by atoms with Crippen molar-refractivity contribution in [2.45, 2.75) is 19.4 Å². The van der Waals surface area contributed by atoms with E-state index in [4.69, 9.17) is 5.11 Å². The summed E-state index contributed by atoms with van der Waals surface area (Å²) in [6.07, 6.45) is 4.52. The lowest BCUT2D eigenvalue weighted by Crippen LogP contribution is -2.18. The van der Waals surface area contributed by atoms with Crippen molar-refractivity contribution in [3.8, 4) is 0 Å². The van der Waals surface area contributed by atoms with Crippen LogP contribution >= 0.6 is 0 Å². The number of aryl methyl sites for hydroxylation is 1. The predicted octanol–water partition coefficient (Wildman–Crippen LogP) is 0.0158. The molecule has 0 aliphatic carbocycles. The van der Waals surface area contributed by atoms with Gasteiger partial charge in [-0.2, -0.15) is 0 Å². The largest absolute Gasteiger partial charge is 0.396 e. The summed E-state index contributed by atoms with van der Waals surface area (Å²) in [5, 5.41) is 8.51. The fraction of sp³-hybridized carbons (Fsp3) is 0.500. The summed E-state index contributed by atoms with van der Waals surface area (Å²) in [7, 11) is 0. The summed E-state index contributed by atoms with van der Waals surface area (Å²) in [6, 6.07) is 1.43. The number of rotatable bonds is 4. The molecule has 0 fully saturated rings. The third-order valence-electron chi connectivity index (χ3n) is 1.60. The summed E-state index contributed by atoms with van der Waals surface area (Å²) < 4.78 is 1.54. The van der Waals surface area contributed by atoms with Crippen LogP contribution in [0.25, 0.3) is 0 Å². The Kier molecular flexibility index (Phi) is 3.47. The second-order valence-electron chi connectivity index (χ2n) is 2.54. The van der Waals surface area contributed by atoms with Crippen LogP contribution in [0.2, 0.25) is 0 Å². The van der Waals surface area contributed by atoms with E-state index in [0.717, 1.165) is 12.8 Å². The van der Waals surface area contributed by atoms with Crippen LogP contribution in [0.5, 0.6) is 0 Å². The van der Waals surface area contributed by atoms with Crippen molar-refractivity contribution in [3.63, 3.8) is 0 Å². The Balaban J connectivity index is 2.52. The lowest BCUT2D eigenvalue weighted by Gasteiger charge is -2.01. The van der Waals surface area contributed by atoms with Crippen LogP contribution in [-0.4, -0.2) is 21.3 Å². The standard InChI is InChI=1S/C8H12N2O2/c11-6-2-1-5-10-7-9-4-3-8(10)12/h3-4,7,11H,1-2,5-6H2. The second-order valence-corrected chi connectivity index (χ2v) is 2.54. The molecule has 0 saturated carbocycles. The Morgan fingerprint density at radius 3 is 3.00 bits per heavy atom. The number of aliphatic hydroxyl groups is 1. The molecule has 0 aromatic carbocycles. The van der Waals surface area contributed by atoms with E-state index in [1.807, 2.05) is 0 Å². The Bertz CT molecular complexity index is 282. The molecule has 1 rings (SSSR count). The molecule has 1 aromatic heterocycles. The molecule has 0 unspecified atom stereocenters. The zero-order chi connectivity index (χ0) is 8.81. The van der Waals surface area contributed by atoms with Crippen molar-refractivity contribution in [3.05, 3.63) is 28.9 Å². The van der Waals surface area contributed by atoms with Gasteiger partial charge in [0.1, 0.15) is 0 Å². The van der Waals surface area contributed by atoms with Gasteiger partial charge in [-0.25, -0.2) is 4.98 Å². The minimum Gasteiger partial charge on any atom is -0.396 e. The highest BCUT2D eigenvalue weighted by Crippen LogP contribution is 1.89. The summed E-state index contributed by atoms with van der Waals surface area (Å²) in [5.41, 5.74) is -0.0389. The zero-order valence-corrected chi connectivity index (χ0v) is 6.81. The van der Waals surface area contributed by atoms with Crippen molar-refractivity contribution in [2.24, 2.45) is 0 Å². The van der Waals surface area contributed by atoms with Gasteiger partial charge in [0.05, 0.1) is 6.33 Å². The van der Waals surface area contributed by atoms with E-state index in [2.05, 4.69) is 4.98 Å². The van der Waals surface area contributed by atoms with Crippen LogP contribution in [0.3, 0.4) is 0 Å². The normalized spacial score (nSPS) is 10.1. The quantitative estimate of drug-likeness (QED) is 0.644. The lowest BCUT2D eigenvalue weighted by atomic mass is 10.3. The number of nitrogens with zero attached hydrogens (tertiary/aromatic N) is 2. The van der Waals surface area contributed by atoms with Crippen molar-refractivity contribution < 1.29 is 5.11 Å². The Morgan fingerprint density at radius 2 is 2.33 bits per heavy atom. The van der Waals surface area contributed by atoms with Crippen LogP contribution in [-0.2, 0) is 6.54 Å². The molecule has 1 heterocycles. The fourth-order valence-electron chi connectivity index (χ4n) is 0.940. The SMILES string of the molecule is O=c1ccncn1CCCCO. The maximum absolute atomic E-state index is 11.1. The molecule has 66 valence electrons. The van der Waals surface area contributed by atoms with E-state index in [1.54, 1.807) is 0 Å². The monoisotopic (exact) mass is 168 g/mol. The number of aliphatic hydroxyl groups excluding tert-OH is 1. The second kappa shape index (κ2) is 4.66. The molecule has 0 spiro atoms. The first-order valence-corrected chi connectivity index (χ1v) is 3.96. The summed E-state index contributed by atoms with van der Waals surface area (Å²) in [4.78, 5) is 14.9. The third kappa shape index (κ3) is 2.47. The molecule has 0 bridgehead atoms. The molecule has 1 N–H and O–H groups in total. The fourth-order valence-corrected chi connectivity index (χ4v) is 0.940. The Hall–Kier alpha value is -1.16. The van der Waals surface area contributed by atoms with Gasteiger partial charge in [0.2, 0.25) is 0 Å². The molecule has 0 radical (unpaired) electrons. The predicted molar refractivity (Wildman–Crippen MR) is 44.8 cm³/mol. The Labute approximate surface area is 70.5 Å². The maximum atomic E-state index is 11.1. The van der Waals surface area contributed by atoms with Gasteiger partial charge in [-0.3, -0.25) is 9.36 Å². The number of unbranched alkanes of at least 4 members (excludes halogenated alkanes) is 1. The van der Waals surface area contributed by atoms with Gasteiger partial charge in [-0.1, -0.05) is 0 Å². The summed E-state index contributed by atoms with van der Waals surface area (Å²) in [6.45, 7) is 0.808. The smallest absolute Gasteiger partial charge is 0.253 e. The highest BCUT2D eigenvalue weighted by Gasteiger charge is 1.92. The third-order valence-corrected chi connectivity index (χ3v) is 1.60. The highest BCUT2D eigenvalue weighted by molar-refractivity contribution is 4.81. The molecule has 0 amide bonds. The molecule has 0 aliphatic heterocycles. The topological polar surface area (TPSA) is 55.1 Å². The first-order valence-electron chi connectivity index (χ1n) is 3.96. The minimum atomic E-state index is -0.0389. The molecule has 1 aromatic rings. The average Bonchev–Trinajstić information content (AvgIpc) is 2.09. The average molecular weight is 168 g/mol. The molecular formula is C8H12N2O2. The first kappa shape index (κ1) is 8.93. The zero-order valence-electron chi connectivity index (χ0n) is 6.81. The highest BCUT2D eigenvalue weighted by atomic mass is 16.2. The molecule has 4 nitrogen and oxygen atoms in total. The minimum absolute atomic E-state index is 0.0389. The van der Waals surface area contributed by atoms with E-state index < -0.39 is 0 Å². The van der Waals surface area contributed by atoms with Gasteiger partial charge in [0.15, 0.2) is 0 Å². The van der Waals surface area contributed by atoms with Crippen LogP contribution < -0.4 is 5.56 Å². The van der Waals surface area contributed by atoms with Crippen molar-refractivity contribution in [1.82, 2.24) is 9.55 Å². The van der Waals surface area contributed by atoms with Gasteiger partial charge in [-0.15, -0.1) is 0 Å². The van der Waals surface area contributed by atoms with Crippen LogP contribution in [0.15, 0.2) is 23.4 Å².